The Balaban J connectivity index is 1.04. The molecule has 2 bridgehead atoms. The summed E-state index contributed by atoms with van der Waals surface area (Å²) in [6.45, 7) is 0.446. The molecule has 2 saturated carbocycles. The summed E-state index contributed by atoms with van der Waals surface area (Å²) in [6.07, 6.45) is 5.43. The molecule has 184 valence electrons. The van der Waals surface area contributed by atoms with E-state index in [1.54, 1.807) is 48.5 Å². The number of rotatable bonds is 6. The minimum atomic E-state index is -0.556. The first kappa shape index (κ1) is 22.0. The van der Waals surface area contributed by atoms with Gasteiger partial charge in [-0.2, -0.15) is 0 Å². The molecule has 37 heavy (non-hydrogen) atoms. The quantitative estimate of drug-likeness (QED) is 0.209. The monoisotopic (exact) mass is 491 g/mol. The second-order valence-electron chi connectivity index (χ2n) is 10.4. The summed E-state index contributed by atoms with van der Waals surface area (Å²) in [4.78, 5) is 41.0. The minimum Gasteiger partial charge on any atom is -0.489 e. The second-order valence-corrected chi connectivity index (χ2v) is 10.4. The van der Waals surface area contributed by atoms with Crippen LogP contribution in [0.3, 0.4) is 0 Å². The van der Waals surface area contributed by atoms with Crippen molar-refractivity contribution in [2.24, 2.45) is 35.5 Å². The molecule has 6 atom stereocenters. The number of hydrogen-bond acceptors (Lipinski definition) is 5. The SMILES string of the molecule is O=C(Oc1ccc(OCc2ccccc2)cc1)c1cccc(N2C(=O)[C@@H]3[C@H]4C=C[C@@H]([C@@H]5C[C@@H]45)[C@H]3C2=O)c1. The number of carbonyl (C=O) groups excluding carboxylic acids is 3. The summed E-state index contributed by atoms with van der Waals surface area (Å²) in [5.41, 5.74) is 1.77. The van der Waals surface area contributed by atoms with Gasteiger partial charge in [0.05, 0.1) is 23.1 Å². The number of esters is 1. The Morgan fingerprint density at radius 3 is 2.11 bits per heavy atom. The Bertz CT molecular complexity index is 1390. The molecule has 3 aromatic carbocycles. The van der Waals surface area contributed by atoms with Crippen molar-refractivity contribution in [2.45, 2.75) is 13.0 Å². The van der Waals surface area contributed by atoms with E-state index in [0.717, 1.165) is 12.0 Å². The Labute approximate surface area is 214 Å². The zero-order valence-electron chi connectivity index (χ0n) is 20.0. The van der Waals surface area contributed by atoms with Crippen molar-refractivity contribution in [3.8, 4) is 11.5 Å². The van der Waals surface area contributed by atoms with Gasteiger partial charge in [0.2, 0.25) is 11.8 Å². The highest BCUT2D eigenvalue weighted by Gasteiger charge is 2.67. The lowest BCUT2D eigenvalue weighted by Crippen LogP contribution is -2.40. The summed E-state index contributed by atoms with van der Waals surface area (Å²) in [6, 6.07) is 23.3. The van der Waals surface area contributed by atoms with Gasteiger partial charge in [-0.05, 0) is 78.1 Å². The average Bonchev–Trinajstić information content (AvgIpc) is 3.71. The van der Waals surface area contributed by atoms with Crippen molar-refractivity contribution < 1.29 is 23.9 Å². The van der Waals surface area contributed by atoms with Crippen molar-refractivity contribution in [2.75, 3.05) is 4.90 Å². The molecule has 1 saturated heterocycles. The predicted octanol–water partition coefficient (Wildman–Crippen LogP) is 5.04. The fraction of sp³-hybridized carbons (Fsp3) is 0.258. The predicted molar refractivity (Wildman–Crippen MR) is 136 cm³/mol. The summed E-state index contributed by atoms with van der Waals surface area (Å²) in [5.74, 6) is 1.07. The fourth-order valence-corrected chi connectivity index (χ4v) is 6.49. The summed E-state index contributed by atoms with van der Waals surface area (Å²) < 4.78 is 11.3. The van der Waals surface area contributed by atoms with Gasteiger partial charge in [0.25, 0.3) is 0 Å². The van der Waals surface area contributed by atoms with Gasteiger partial charge in [0.15, 0.2) is 0 Å². The van der Waals surface area contributed by atoms with Crippen LogP contribution in [0, 0.1) is 35.5 Å². The normalized spacial score (nSPS) is 28.6. The largest absolute Gasteiger partial charge is 0.489 e. The molecule has 2 amide bonds. The molecule has 0 spiro atoms. The maximum atomic E-state index is 13.4. The Morgan fingerprint density at radius 2 is 1.43 bits per heavy atom. The molecule has 3 fully saturated rings. The van der Waals surface area contributed by atoms with Crippen LogP contribution in [0.4, 0.5) is 5.69 Å². The van der Waals surface area contributed by atoms with Gasteiger partial charge >= 0.3 is 5.97 Å². The number of ether oxygens (including phenoxy) is 2. The molecule has 5 aliphatic rings. The highest BCUT2D eigenvalue weighted by molar-refractivity contribution is 6.23. The summed E-state index contributed by atoms with van der Waals surface area (Å²) in [7, 11) is 0. The summed E-state index contributed by atoms with van der Waals surface area (Å²) in [5, 5.41) is 0. The first-order valence-corrected chi connectivity index (χ1v) is 12.7. The van der Waals surface area contributed by atoms with E-state index >= 15 is 0 Å². The van der Waals surface area contributed by atoms with Gasteiger partial charge in [-0.3, -0.25) is 9.59 Å². The molecular weight excluding hydrogens is 466 g/mol. The van der Waals surface area contributed by atoms with E-state index in [1.807, 2.05) is 30.3 Å². The van der Waals surface area contributed by atoms with Crippen molar-refractivity contribution >= 4 is 23.5 Å². The number of imide groups is 1. The second kappa shape index (κ2) is 8.44. The van der Waals surface area contributed by atoms with Crippen molar-refractivity contribution in [1.29, 1.82) is 0 Å². The molecule has 0 unspecified atom stereocenters. The molecule has 0 N–H and O–H groups in total. The number of hydrogen-bond donors (Lipinski definition) is 0. The number of amides is 2. The topological polar surface area (TPSA) is 72.9 Å². The number of nitrogens with zero attached hydrogens (tertiary/aromatic N) is 1. The number of carbonyl (C=O) groups is 3. The molecule has 0 aromatic heterocycles. The summed E-state index contributed by atoms with van der Waals surface area (Å²) >= 11 is 0. The molecule has 3 aromatic rings. The van der Waals surface area contributed by atoms with Crippen molar-refractivity contribution in [1.82, 2.24) is 0 Å². The molecule has 6 nitrogen and oxygen atoms in total. The van der Waals surface area contributed by atoms with Crippen LogP contribution in [0.15, 0.2) is 91.0 Å². The van der Waals surface area contributed by atoms with Gasteiger partial charge in [-0.1, -0.05) is 48.6 Å². The van der Waals surface area contributed by atoms with Crippen LogP contribution in [0.5, 0.6) is 11.5 Å². The van der Waals surface area contributed by atoms with E-state index in [-0.39, 0.29) is 41.0 Å². The number of benzene rings is 3. The molecule has 0 radical (unpaired) electrons. The van der Waals surface area contributed by atoms with Gasteiger partial charge in [0, 0.05) is 0 Å². The average molecular weight is 492 g/mol. The first-order chi connectivity index (χ1) is 18.1. The maximum absolute atomic E-state index is 13.4. The highest BCUT2D eigenvalue weighted by Crippen LogP contribution is 2.65. The maximum Gasteiger partial charge on any atom is 0.343 e. The van der Waals surface area contributed by atoms with E-state index in [2.05, 4.69) is 12.2 Å². The lowest BCUT2D eigenvalue weighted by Gasteiger charge is -2.37. The molecule has 6 heteroatoms. The smallest absolute Gasteiger partial charge is 0.343 e. The van der Waals surface area contributed by atoms with Crippen LogP contribution in [0.25, 0.3) is 0 Å². The molecule has 4 aliphatic carbocycles. The van der Waals surface area contributed by atoms with E-state index in [4.69, 9.17) is 9.47 Å². The minimum absolute atomic E-state index is 0.142. The Morgan fingerprint density at radius 1 is 0.784 bits per heavy atom. The molecule has 1 heterocycles. The Kier molecular flexibility index (Phi) is 5.03. The van der Waals surface area contributed by atoms with Gasteiger partial charge < -0.3 is 9.47 Å². The molecular formula is C31H25NO5. The number of allylic oxidation sites excluding steroid dienone is 2. The zero-order valence-corrected chi connectivity index (χ0v) is 20.0. The highest BCUT2D eigenvalue weighted by atomic mass is 16.5. The van der Waals surface area contributed by atoms with Crippen LogP contribution in [-0.2, 0) is 16.2 Å². The third-order valence-corrected chi connectivity index (χ3v) is 8.29. The van der Waals surface area contributed by atoms with Crippen LogP contribution in [0.1, 0.15) is 22.3 Å². The van der Waals surface area contributed by atoms with Crippen molar-refractivity contribution in [3.63, 3.8) is 0 Å². The van der Waals surface area contributed by atoms with Crippen LogP contribution < -0.4 is 14.4 Å². The zero-order chi connectivity index (χ0) is 25.1. The lowest BCUT2D eigenvalue weighted by atomic mass is 9.63. The van der Waals surface area contributed by atoms with E-state index in [1.165, 1.54) is 4.90 Å². The van der Waals surface area contributed by atoms with Gasteiger partial charge in [-0.15, -0.1) is 0 Å². The molecule has 8 rings (SSSR count). The van der Waals surface area contributed by atoms with Gasteiger partial charge in [-0.25, -0.2) is 9.69 Å². The van der Waals surface area contributed by atoms with Crippen LogP contribution in [0.2, 0.25) is 0 Å². The molecule has 1 aliphatic heterocycles. The van der Waals surface area contributed by atoms with E-state index in [0.29, 0.717) is 35.6 Å². The van der Waals surface area contributed by atoms with Crippen LogP contribution >= 0.6 is 0 Å². The van der Waals surface area contributed by atoms with Crippen LogP contribution in [-0.4, -0.2) is 17.8 Å². The fourth-order valence-electron chi connectivity index (χ4n) is 6.49. The number of anilines is 1. The first-order valence-electron chi connectivity index (χ1n) is 12.7. The van der Waals surface area contributed by atoms with Crippen molar-refractivity contribution in [3.05, 3.63) is 102 Å². The third kappa shape index (κ3) is 3.67. The van der Waals surface area contributed by atoms with E-state index < -0.39 is 5.97 Å². The Hall–Kier alpha value is -4.19. The third-order valence-electron chi connectivity index (χ3n) is 8.29. The standard InChI is InChI=1S/C31H25NO5/c33-29-27-23-13-14-24(26-16-25(23)26)28(27)30(34)32(29)20-8-4-7-19(15-20)31(35)37-22-11-9-21(10-12-22)36-17-18-5-2-1-3-6-18/h1-15,23-28H,16-17H2/t23-,24-,25-,26-,27+,28+/m0/s1. The lowest BCUT2D eigenvalue weighted by molar-refractivity contribution is -0.124. The van der Waals surface area contributed by atoms with E-state index in [9.17, 15) is 14.4 Å². The van der Waals surface area contributed by atoms with Gasteiger partial charge in [0.1, 0.15) is 18.1 Å².